The maximum Gasteiger partial charge on any atom is 0.0624 e. The Balaban J connectivity index is 1.97. The van der Waals surface area contributed by atoms with Gasteiger partial charge in [0.05, 0.1) is 5.69 Å². The zero-order valence-corrected chi connectivity index (χ0v) is 13.3. The van der Waals surface area contributed by atoms with Crippen molar-refractivity contribution in [2.75, 3.05) is 0 Å². The van der Waals surface area contributed by atoms with Crippen LogP contribution in [0, 0.1) is 0 Å². The van der Waals surface area contributed by atoms with Crippen molar-refractivity contribution >= 4 is 0 Å². The molecule has 1 aliphatic carbocycles. The third-order valence-corrected chi connectivity index (χ3v) is 4.94. The smallest absolute Gasteiger partial charge is 0.0624 e. The lowest BCUT2D eigenvalue weighted by Crippen LogP contribution is -2.43. The second-order valence-electron chi connectivity index (χ2n) is 6.46. The lowest BCUT2D eigenvalue weighted by Gasteiger charge is -2.38. The molecular weight excluding hydrogens is 258 g/mol. The maximum absolute atomic E-state index is 6.84. The Kier molecular flexibility index (Phi) is 3.62. The summed E-state index contributed by atoms with van der Waals surface area (Å²) in [5.41, 5.74) is 11.7. The molecule has 0 saturated carbocycles. The number of benzene rings is 1. The number of aryl methyl sites for hydroxylation is 2. The molecule has 2 unspecified atom stereocenters. The van der Waals surface area contributed by atoms with Crippen molar-refractivity contribution in [3.8, 4) is 0 Å². The van der Waals surface area contributed by atoms with Crippen LogP contribution in [0.15, 0.2) is 30.3 Å². The van der Waals surface area contributed by atoms with Crippen LogP contribution in [0.1, 0.15) is 55.1 Å². The van der Waals surface area contributed by atoms with E-state index in [2.05, 4.69) is 49.3 Å². The SMILES string of the molecule is CCc1cc(CC2(N)CCC(C)c3ccccc32)n(C)n1. The average molecular weight is 283 g/mol. The highest BCUT2D eigenvalue weighted by Crippen LogP contribution is 2.41. The van der Waals surface area contributed by atoms with Gasteiger partial charge in [-0.25, -0.2) is 0 Å². The molecule has 0 aliphatic heterocycles. The highest BCUT2D eigenvalue weighted by atomic mass is 15.3. The first-order valence-electron chi connectivity index (χ1n) is 7.93. The minimum absolute atomic E-state index is 0.262. The Hall–Kier alpha value is -1.61. The van der Waals surface area contributed by atoms with E-state index in [0.29, 0.717) is 5.92 Å². The molecule has 0 radical (unpaired) electrons. The van der Waals surface area contributed by atoms with Crippen LogP contribution in [0.2, 0.25) is 0 Å². The fourth-order valence-electron chi connectivity index (χ4n) is 3.56. The van der Waals surface area contributed by atoms with Gasteiger partial charge in [0.15, 0.2) is 0 Å². The van der Waals surface area contributed by atoms with Crippen LogP contribution in [-0.2, 0) is 25.4 Å². The van der Waals surface area contributed by atoms with E-state index in [1.54, 1.807) is 0 Å². The van der Waals surface area contributed by atoms with Gasteiger partial charge in [0, 0.05) is 24.7 Å². The van der Waals surface area contributed by atoms with E-state index in [1.165, 1.54) is 16.8 Å². The zero-order chi connectivity index (χ0) is 15.0. The minimum atomic E-state index is -0.262. The Morgan fingerprint density at radius 2 is 2.14 bits per heavy atom. The van der Waals surface area contributed by atoms with E-state index >= 15 is 0 Å². The summed E-state index contributed by atoms with van der Waals surface area (Å²) in [6.07, 6.45) is 4.03. The van der Waals surface area contributed by atoms with Crippen molar-refractivity contribution < 1.29 is 0 Å². The summed E-state index contributed by atoms with van der Waals surface area (Å²) in [4.78, 5) is 0. The van der Waals surface area contributed by atoms with E-state index in [9.17, 15) is 0 Å². The summed E-state index contributed by atoms with van der Waals surface area (Å²) in [7, 11) is 2.02. The van der Waals surface area contributed by atoms with Gasteiger partial charge in [0.2, 0.25) is 0 Å². The number of rotatable bonds is 3. The van der Waals surface area contributed by atoms with Gasteiger partial charge in [0.25, 0.3) is 0 Å². The molecule has 0 fully saturated rings. The van der Waals surface area contributed by atoms with Gasteiger partial charge in [-0.3, -0.25) is 4.68 Å². The predicted octanol–water partition coefficient (Wildman–Crippen LogP) is 3.28. The summed E-state index contributed by atoms with van der Waals surface area (Å²) in [6.45, 7) is 4.44. The summed E-state index contributed by atoms with van der Waals surface area (Å²) in [5.74, 6) is 0.607. The fourth-order valence-corrected chi connectivity index (χ4v) is 3.56. The van der Waals surface area contributed by atoms with E-state index in [1.807, 2.05) is 11.7 Å². The van der Waals surface area contributed by atoms with Gasteiger partial charge in [-0.1, -0.05) is 38.1 Å². The Labute approximate surface area is 127 Å². The Morgan fingerprint density at radius 1 is 1.38 bits per heavy atom. The first-order valence-corrected chi connectivity index (χ1v) is 7.93. The van der Waals surface area contributed by atoms with E-state index < -0.39 is 0 Å². The minimum Gasteiger partial charge on any atom is -0.321 e. The van der Waals surface area contributed by atoms with Crippen LogP contribution in [0.3, 0.4) is 0 Å². The highest BCUT2D eigenvalue weighted by molar-refractivity contribution is 5.39. The first kappa shape index (κ1) is 14.3. The van der Waals surface area contributed by atoms with Gasteiger partial charge < -0.3 is 5.73 Å². The second-order valence-corrected chi connectivity index (χ2v) is 6.46. The molecule has 2 N–H and O–H groups in total. The normalized spacial score (nSPS) is 24.9. The Bertz CT molecular complexity index is 644. The number of nitrogens with zero attached hydrogens (tertiary/aromatic N) is 2. The molecule has 21 heavy (non-hydrogen) atoms. The Morgan fingerprint density at radius 3 is 2.86 bits per heavy atom. The van der Waals surface area contributed by atoms with Gasteiger partial charge in [-0.15, -0.1) is 0 Å². The molecule has 1 aliphatic rings. The van der Waals surface area contributed by atoms with Gasteiger partial charge in [-0.2, -0.15) is 5.10 Å². The van der Waals surface area contributed by atoms with E-state index in [4.69, 9.17) is 5.73 Å². The topological polar surface area (TPSA) is 43.8 Å². The van der Waals surface area contributed by atoms with Crippen molar-refractivity contribution in [1.29, 1.82) is 0 Å². The number of fused-ring (bicyclic) bond motifs is 1. The van der Waals surface area contributed by atoms with Gasteiger partial charge in [-0.05, 0) is 42.4 Å². The molecule has 2 atom stereocenters. The molecule has 112 valence electrons. The van der Waals surface area contributed by atoms with Crippen LogP contribution in [0.4, 0.5) is 0 Å². The van der Waals surface area contributed by atoms with Crippen LogP contribution in [0.5, 0.6) is 0 Å². The molecular formula is C18H25N3. The van der Waals surface area contributed by atoms with Gasteiger partial charge in [0.1, 0.15) is 0 Å². The summed E-state index contributed by atoms with van der Waals surface area (Å²) in [6, 6.07) is 10.9. The lowest BCUT2D eigenvalue weighted by atomic mass is 9.71. The van der Waals surface area contributed by atoms with Crippen LogP contribution >= 0.6 is 0 Å². The van der Waals surface area contributed by atoms with Crippen LogP contribution < -0.4 is 5.73 Å². The van der Waals surface area contributed by atoms with Crippen molar-refractivity contribution in [3.05, 3.63) is 52.8 Å². The molecule has 0 saturated heterocycles. The summed E-state index contributed by atoms with van der Waals surface area (Å²) >= 11 is 0. The molecule has 3 nitrogen and oxygen atoms in total. The van der Waals surface area contributed by atoms with Crippen molar-refractivity contribution in [3.63, 3.8) is 0 Å². The first-order chi connectivity index (χ1) is 10.0. The van der Waals surface area contributed by atoms with Crippen LogP contribution in [-0.4, -0.2) is 9.78 Å². The average Bonchev–Trinajstić information content (AvgIpc) is 2.84. The van der Waals surface area contributed by atoms with Crippen LogP contribution in [0.25, 0.3) is 0 Å². The van der Waals surface area contributed by atoms with Crippen molar-refractivity contribution in [2.24, 2.45) is 12.8 Å². The number of aromatic nitrogens is 2. The summed E-state index contributed by atoms with van der Waals surface area (Å²) in [5, 5.41) is 4.56. The molecule has 0 spiro atoms. The van der Waals surface area contributed by atoms with Crippen molar-refractivity contribution in [2.45, 2.75) is 51.0 Å². The van der Waals surface area contributed by atoms with Gasteiger partial charge >= 0.3 is 0 Å². The lowest BCUT2D eigenvalue weighted by molar-refractivity contribution is 0.342. The monoisotopic (exact) mass is 283 g/mol. The largest absolute Gasteiger partial charge is 0.321 e. The molecule has 1 aromatic heterocycles. The molecule has 1 aromatic carbocycles. The fraction of sp³-hybridized carbons (Fsp3) is 0.500. The third kappa shape index (κ3) is 2.51. The third-order valence-electron chi connectivity index (χ3n) is 4.94. The quantitative estimate of drug-likeness (QED) is 0.939. The molecule has 3 heteroatoms. The number of hydrogen-bond acceptors (Lipinski definition) is 2. The molecule has 3 rings (SSSR count). The highest BCUT2D eigenvalue weighted by Gasteiger charge is 2.35. The van der Waals surface area contributed by atoms with E-state index in [-0.39, 0.29) is 5.54 Å². The summed E-state index contributed by atoms with van der Waals surface area (Å²) < 4.78 is 1.99. The molecule has 0 amide bonds. The molecule has 2 aromatic rings. The van der Waals surface area contributed by atoms with Crippen molar-refractivity contribution in [1.82, 2.24) is 9.78 Å². The molecule has 0 bridgehead atoms. The van der Waals surface area contributed by atoms with E-state index in [0.717, 1.165) is 31.4 Å². The number of hydrogen-bond donors (Lipinski definition) is 1. The maximum atomic E-state index is 6.84. The second kappa shape index (κ2) is 5.30. The zero-order valence-electron chi connectivity index (χ0n) is 13.3. The standard InChI is InChI=1S/C18H25N3/c1-4-14-11-15(21(3)20-14)12-18(19)10-9-13(2)16-7-5-6-8-17(16)18/h5-8,11,13H,4,9-10,12,19H2,1-3H3. The number of nitrogens with two attached hydrogens (primary N) is 1. The molecule has 1 heterocycles. The predicted molar refractivity (Wildman–Crippen MR) is 86.2 cm³/mol.